The lowest BCUT2D eigenvalue weighted by Gasteiger charge is -2.29. The summed E-state index contributed by atoms with van der Waals surface area (Å²) in [5.41, 5.74) is 1.29. The number of H-pyrrole nitrogens is 1. The van der Waals surface area contributed by atoms with Gasteiger partial charge >= 0.3 is 6.09 Å². The van der Waals surface area contributed by atoms with Gasteiger partial charge in [0, 0.05) is 25.1 Å². The molecule has 2 heterocycles. The average Bonchev–Trinajstić information content (AvgIpc) is 2.85. The minimum absolute atomic E-state index is 0.0624. The standard InChI is InChI=1S/C16H27N5O3/c1-16(2,3)24-15(23)21-9-6-11-12(10-21)18-19-14(11)17-13(22)7-8-20(4)5/h6-10H2,1-5H3,(H2,17,18,19,22). The molecule has 0 atom stereocenters. The number of amides is 2. The summed E-state index contributed by atoms with van der Waals surface area (Å²) in [6.45, 7) is 7.17. The van der Waals surface area contributed by atoms with Crippen LogP contribution in [0.15, 0.2) is 0 Å². The highest BCUT2D eigenvalue weighted by Crippen LogP contribution is 2.25. The van der Waals surface area contributed by atoms with Crippen LogP contribution in [0.4, 0.5) is 10.6 Å². The number of aromatic amines is 1. The first-order chi connectivity index (χ1) is 11.2. The van der Waals surface area contributed by atoms with Crippen molar-refractivity contribution < 1.29 is 14.3 Å². The average molecular weight is 337 g/mol. The van der Waals surface area contributed by atoms with E-state index in [1.807, 2.05) is 39.8 Å². The van der Waals surface area contributed by atoms with Gasteiger partial charge < -0.3 is 19.9 Å². The van der Waals surface area contributed by atoms with Crippen LogP contribution in [0.2, 0.25) is 0 Å². The first kappa shape index (κ1) is 18.3. The maximum Gasteiger partial charge on any atom is 0.410 e. The molecule has 8 nitrogen and oxygen atoms in total. The van der Waals surface area contributed by atoms with E-state index in [4.69, 9.17) is 4.74 Å². The molecule has 0 saturated heterocycles. The van der Waals surface area contributed by atoms with Gasteiger partial charge in [0.25, 0.3) is 0 Å². The van der Waals surface area contributed by atoms with Crippen LogP contribution in [-0.2, 0) is 22.5 Å². The maximum atomic E-state index is 12.2. The predicted octanol–water partition coefficient (Wildman–Crippen LogP) is 1.59. The fourth-order valence-electron chi connectivity index (χ4n) is 2.42. The van der Waals surface area contributed by atoms with Gasteiger partial charge in [-0.25, -0.2) is 4.79 Å². The summed E-state index contributed by atoms with van der Waals surface area (Å²) in [6.07, 6.45) is 0.715. The summed E-state index contributed by atoms with van der Waals surface area (Å²) in [4.78, 5) is 27.7. The molecule has 1 aromatic rings. The van der Waals surface area contributed by atoms with Crippen LogP contribution in [-0.4, -0.2) is 64.8 Å². The molecule has 0 aliphatic carbocycles. The Labute approximate surface area is 142 Å². The van der Waals surface area contributed by atoms with Gasteiger partial charge in [-0.05, 0) is 41.3 Å². The Balaban J connectivity index is 1.96. The first-order valence-corrected chi connectivity index (χ1v) is 8.14. The van der Waals surface area contributed by atoms with E-state index in [0.717, 1.165) is 11.3 Å². The SMILES string of the molecule is CN(C)CCC(=O)Nc1n[nH]c2c1CCN(C(=O)OC(C)(C)C)C2. The van der Waals surface area contributed by atoms with Crippen LogP contribution >= 0.6 is 0 Å². The van der Waals surface area contributed by atoms with Crippen LogP contribution in [0.1, 0.15) is 38.4 Å². The molecule has 0 fully saturated rings. The van der Waals surface area contributed by atoms with Crippen molar-refractivity contribution in [3.63, 3.8) is 0 Å². The fraction of sp³-hybridized carbons (Fsp3) is 0.688. The van der Waals surface area contributed by atoms with E-state index in [2.05, 4.69) is 15.5 Å². The molecule has 0 unspecified atom stereocenters. The largest absolute Gasteiger partial charge is 0.444 e. The second-order valence-electron chi connectivity index (χ2n) is 7.28. The van der Waals surface area contributed by atoms with Crippen LogP contribution in [0, 0.1) is 0 Å². The van der Waals surface area contributed by atoms with Gasteiger partial charge in [-0.15, -0.1) is 0 Å². The Morgan fingerprint density at radius 3 is 2.71 bits per heavy atom. The maximum absolute atomic E-state index is 12.2. The Hall–Kier alpha value is -2.09. The Bertz CT molecular complexity index is 603. The van der Waals surface area contributed by atoms with Gasteiger partial charge in [-0.2, -0.15) is 5.10 Å². The van der Waals surface area contributed by atoms with E-state index >= 15 is 0 Å². The highest BCUT2D eigenvalue weighted by Gasteiger charge is 2.28. The molecule has 1 aliphatic rings. The molecule has 2 rings (SSSR count). The molecule has 2 N–H and O–H groups in total. The zero-order valence-electron chi connectivity index (χ0n) is 15.1. The van der Waals surface area contributed by atoms with E-state index in [9.17, 15) is 9.59 Å². The number of rotatable bonds is 4. The van der Waals surface area contributed by atoms with Crippen molar-refractivity contribution in [2.24, 2.45) is 0 Å². The third-order valence-corrected chi connectivity index (χ3v) is 3.63. The number of ether oxygens (including phenoxy) is 1. The molecule has 134 valence electrons. The van der Waals surface area contributed by atoms with Gasteiger partial charge in [0.2, 0.25) is 5.91 Å². The second-order valence-corrected chi connectivity index (χ2v) is 7.28. The van der Waals surface area contributed by atoms with Crippen molar-refractivity contribution in [1.82, 2.24) is 20.0 Å². The van der Waals surface area contributed by atoms with Gasteiger partial charge in [-0.3, -0.25) is 9.89 Å². The highest BCUT2D eigenvalue weighted by atomic mass is 16.6. The van der Waals surface area contributed by atoms with Gasteiger partial charge in [-0.1, -0.05) is 0 Å². The lowest BCUT2D eigenvalue weighted by Crippen LogP contribution is -2.40. The number of carbonyl (C=O) groups is 2. The smallest absolute Gasteiger partial charge is 0.410 e. The number of hydrogen-bond donors (Lipinski definition) is 2. The Kier molecular flexibility index (Phi) is 5.48. The third kappa shape index (κ3) is 4.95. The van der Waals surface area contributed by atoms with E-state index in [1.165, 1.54) is 0 Å². The normalized spacial score (nSPS) is 14.5. The zero-order chi connectivity index (χ0) is 17.9. The van der Waals surface area contributed by atoms with E-state index in [-0.39, 0.29) is 12.0 Å². The minimum atomic E-state index is -0.517. The molecule has 0 spiro atoms. The highest BCUT2D eigenvalue weighted by molar-refractivity contribution is 5.90. The number of hydrogen-bond acceptors (Lipinski definition) is 5. The van der Waals surface area contributed by atoms with Crippen molar-refractivity contribution in [2.45, 2.75) is 45.8 Å². The molecule has 0 bridgehead atoms. The van der Waals surface area contributed by atoms with E-state index in [0.29, 0.717) is 38.3 Å². The first-order valence-electron chi connectivity index (χ1n) is 8.14. The number of fused-ring (bicyclic) bond motifs is 1. The van der Waals surface area contributed by atoms with Crippen LogP contribution in [0.3, 0.4) is 0 Å². The molecule has 0 aromatic carbocycles. The van der Waals surface area contributed by atoms with Crippen molar-refractivity contribution in [2.75, 3.05) is 32.5 Å². The monoisotopic (exact) mass is 337 g/mol. The van der Waals surface area contributed by atoms with Gasteiger partial charge in [0.15, 0.2) is 5.82 Å². The number of nitrogens with zero attached hydrogens (tertiary/aromatic N) is 3. The van der Waals surface area contributed by atoms with Crippen LogP contribution < -0.4 is 5.32 Å². The predicted molar refractivity (Wildman–Crippen MR) is 90.7 cm³/mol. The number of carbonyl (C=O) groups excluding carboxylic acids is 2. The molecule has 2 amide bonds. The summed E-state index contributed by atoms with van der Waals surface area (Å²) < 4.78 is 5.40. The zero-order valence-corrected chi connectivity index (χ0v) is 15.1. The number of aromatic nitrogens is 2. The molecule has 0 saturated carbocycles. The fourth-order valence-corrected chi connectivity index (χ4v) is 2.42. The van der Waals surface area contributed by atoms with Crippen molar-refractivity contribution in [3.8, 4) is 0 Å². The molecule has 1 aliphatic heterocycles. The quantitative estimate of drug-likeness (QED) is 0.871. The van der Waals surface area contributed by atoms with Crippen LogP contribution in [0.5, 0.6) is 0 Å². The minimum Gasteiger partial charge on any atom is -0.444 e. The summed E-state index contributed by atoms with van der Waals surface area (Å²) in [5.74, 6) is 0.505. The third-order valence-electron chi connectivity index (χ3n) is 3.63. The molecular weight excluding hydrogens is 310 g/mol. The molecule has 1 aromatic heterocycles. The lowest BCUT2D eigenvalue weighted by atomic mass is 10.1. The van der Waals surface area contributed by atoms with Gasteiger partial charge in [0.05, 0.1) is 12.2 Å². The summed E-state index contributed by atoms with van der Waals surface area (Å²) in [7, 11) is 3.85. The molecule has 0 radical (unpaired) electrons. The topological polar surface area (TPSA) is 90.6 Å². The summed E-state index contributed by atoms with van der Waals surface area (Å²) in [6, 6.07) is 0. The number of anilines is 1. The van der Waals surface area contributed by atoms with Gasteiger partial charge in [0.1, 0.15) is 5.60 Å². The Morgan fingerprint density at radius 1 is 1.38 bits per heavy atom. The summed E-state index contributed by atoms with van der Waals surface area (Å²) >= 11 is 0. The lowest BCUT2D eigenvalue weighted by molar-refractivity contribution is -0.116. The summed E-state index contributed by atoms with van der Waals surface area (Å²) in [5, 5.41) is 9.95. The van der Waals surface area contributed by atoms with E-state index < -0.39 is 5.60 Å². The van der Waals surface area contributed by atoms with Crippen molar-refractivity contribution >= 4 is 17.8 Å². The van der Waals surface area contributed by atoms with Crippen molar-refractivity contribution in [1.29, 1.82) is 0 Å². The second kappa shape index (κ2) is 7.21. The van der Waals surface area contributed by atoms with E-state index in [1.54, 1.807) is 4.90 Å². The number of nitrogens with one attached hydrogen (secondary N) is 2. The molecular formula is C16H27N5O3. The molecule has 8 heteroatoms. The molecule has 24 heavy (non-hydrogen) atoms. The van der Waals surface area contributed by atoms with Crippen LogP contribution in [0.25, 0.3) is 0 Å². The Morgan fingerprint density at radius 2 is 2.08 bits per heavy atom. The van der Waals surface area contributed by atoms with Crippen molar-refractivity contribution in [3.05, 3.63) is 11.3 Å².